The molecule has 1 N–H and O–H groups in total. The molecule has 0 saturated carbocycles. The van der Waals surface area contributed by atoms with Gasteiger partial charge >= 0.3 is 0 Å². The molecule has 1 heteroatoms. The molecule has 2 aromatic carbocycles. The van der Waals surface area contributed by atoms with Crippen LogP contribution < -0.4 is 0 Å². The van der Waals surface area contributed by atoms with Crippen molar-refractivity contribution in [1.82, 2.24) is 0 Å². The van der Waals surface area contributed by atoms with Crippen molar-refractivity contribution >= 4 is 10.8 Å². The van der Waals surface area contributed by atoms with Crippen molar-refractivity contribution in [3.8, 4) is 0 Å². The van der Waals surface area contributed by atoms with Gasteiger partial charge in [-0.25, -0.2) is 0 Å². The molecule has 0 heterocycles. The highest BCUT2D eigenvalue weighted by atomic mass is 16.3. The van der Waals surface area contributed by atoms with Crippen LogP contribution in [0.5, 0.6) is 0 Å². The van der Waals surface area contributed by atoms with Crippen molar-refractivity contribution in [1.29, 1.82) is 0 Å². The summed E-state index contributed by atoms with van der Waals surface area (Å²) in [5.74, 6) is 0. The Morgan fingerprint density at radius 2 is 1.87 bits per heavy atom. The fourth-order valence-corrected chi connectivity index (χ4v) is 1.71. The Balaban J connectivity index is 2.42. The molecule has 1 nitrogen and oxygen atoms in total. The lowest BCUT2D eigenvalue weighted by molar-refractivity contribution is 0.182. The number of hydrogen-bond donors (Lipinski definition) is 1. The van der Waals surface area contributed by atoms with Crippen LogP contribution in [-0.4, -0.2) is 5.11 Å². The van der Waals surface area contributed by atoms with Crippen molar-refractivity contribution in [3.05, 3.63) is 60.7 Å². The molecule has 0 aliphatic rings. The summed E-state index contributed by atoms with van der Waals surface area (Å²) in [4.78, 5) is 0. The van der Waals surface area contributed by atoms with Gasteiger partial charge in [-0.2, -0.15) is 0 Å². The van der Waals surface area contributed by atoms with Crippen molar-refractivity contribution in [2.45, 2.75) is 12.5 Å². The summed E-state index contributed by atoms with van der Waals surface area (Å²) >= 11 is 0. The van der Waals surface area contributed by atoms with Crippen LogP contribution in [0.25, 0.3) is 10.8 Å². The number of rotatable bonds is 3. The molecule has 0 amide bonds. The average Bonchev–Trinajstić information content (AvgIpc) is 2.29. The molecule has 0 fully saturated rings. The first-order valence-electron chi connectivity index (χ1n) is 5.09. The third kappa shape index (κ3) is 2.08. The summed E-state index contributed by atoms with van der Waals surface area (Å²) in [6.07, 6.45) is 1.89. The molecule has 0 unspecified atom stereocenters. The van der Waals surface area contributed by atoms with Gasteiger partial charge in [0.25, 0.3) is 0 Å². The predicted octanol–water partition coefficient (Wildman–Crippen LogP) is 3.45. The second-order valence-corrected chi connectivity index (χ2v) is 3.65. The molecular weight excluding hydrogens is 184 g/mol. The first-order valence-corrected chi connectivity index (χ1v) is 5.09. The predicted molar refractivity (Wildman–Crippen MR) is 63.7 cm³/mol. The average molecular weight is 198 g/mol. The standard InChI is InChI=1S/C14H14O/c1-2-5-14(15)13-9-8-11-6-3-4-7-12(11)10-13/h2-4,6-10,14-15H,1,5H2/t14-/m0/s1. The van der Waals surface area contributed by atoms with Crippen molar-refractivity contribution in [2.24, 2.45) is 0 Å². The molecule has 1 atom stereocenters. The van der Waals surface area contributed by atoms with Gasteiger partial charge < -0.3 is 5.11 Å². The smallest absolute Gasteiger partial charge is 0.0824 e. The van der Waals surface area contributed by atoms with Crippen molar-refractivity contribution in [2.75, 3.05) is 0 Å². The van der Waals surface area contributed by atoms with Gasteiger partial charge in [0.15, 0.2) is 0 Å². The lowest BCUT2D eigenvalue weighted by Gasteiger charge is -2.09. The summed E-state index contributed by atoms with van der Waals surface area (Å²) in [7, 11) is 0. The molecule has 0 aliphatic heterocycles. The maximum absolute atomic E-state index is 9.81. The van der Waals surface area contributed by atoms with Gasteiger partial charge in [-0.05, 0) is 28.8 Å². The lowest BCUT2D eigenvalue weighted by atomic mass is 10.0. The van der Waals surface area contributed by atoms with E-state index in [0.29, 0.717) is 6.42 Å². The molecule has 0 radical (unpaired) electrons. The molecule has 0 aliphatic carbocycles. The van der Waals surface area contributed by atoms with Crippen LogP contribution in [0, 0.1) is 0 Å². The highest BCUT2D eigenvalue weighted by Crippen LogP contribution is 2.22. The molecule has 76 valence electrons. The highest BCUT2D eigenvalue weighted by Gasteiger charge is 2.05. The van der Waals surface area contributed by atoms with Crippen LogP contribution >= 0.6 is 0 Å². The van der Waals surface area contributed by atoms with Crippen LogP contribution in [0.3, 0.4) is 0 Å². The maximum atomic E-state index is 9.81. The minimum atomic E-state index is -0.438. The van der Waals surface area contributed by atoms with Gasteiger partial charge in [-0.15, -0.1) is 6.58 Å². The fraction of sp³-hybridized carbons (Fsp3) is 0.143. The van der Waals surface area contributed by atoms with Crippen LogP contribution in [0.1, 0.15) is 18.1 Å². The van der Waals surface area contributed by atoms with E-state index >= 15 is 0 Å². The first-order chi connectivity index (χ1) is 7.31. The second-order valence-electron chi connectivity index (χ2n) is 3.65. The van der Waals surface area contributed by atoms with Gasteiger partial charge in [0.1, 0.15) is 0 Å². The first kappa shape index (κ1) is 9.94. The van der Waals surface area contributed by atoms with Crippen LogP contribution in [0.15, 0.2) is 55.1 Å². The van der Waals surface area contributed by atoms with E-state index in [1.165, 1.54) is 5.39 Å². The van der Waals surface area contributed by atoms with E-state index in [1.54, 1.807) is 6.08 Å². The molecular formula is C14H14O. The summed E-state index contributed by atoms with van der Waals surface area (Å²) < 4.78 is 0. The Morgan fingerprint density at radius 1 is 1.13 bits per heavy atom. The number of aliphatic hydroxyl groups excluding tert-OH is 1. The fourth-order valence-electron chi connectivity index (χ4n) is 1.71. The third-order valence-electron chi connectivity index (χ3n) is 2.55. The summed E-state index contributed by atoms with van der Waals surface area (Å²) in [5, 5.41) is 12.2. The second kappa shape index (κ2) is 4.28. The van der Waals surface area contributed by atoms with Crippen molar-refractivity contribution in [3.63, 3.8) is 0 Å². The Morgan fingerprint density at radius 3 is 2.60 bits per heavy atom. The van der Waals surface area contributed by atoms with Crippen LogP contribution in [-0.2, 0) is 0 Å². The topological polar surface area (TPSA) is 20.2 Å². The van der Waals surface area contributed by atoms with E-state index in [4.69, 9.17) is 0 Å². The number of hydrogen-bond acceptors (Lipinski definition) is 1. The molecule has 2 rings (SSSR count). The van der Waals surface area contributed by atoms with E-state index in [1.807, 2.05) is 30.3 Å². The SMILES string of the molecule is C=CC[C@H](O)c1ccc2ccccc2c1. The number of benzene rings is 2. The normalized spacial score (nSPS) is 12.6. The van der Waals surface area contributed by atoms with E-state index in [2.05, 4.69) is 18.7 Å². The summed E-state index contributed by atoms with van der Waals surface area (Å²) in [5.41, 5.74) is 0.952. The molecule has 0 spiro atoms. The number of fused-ring (bicyclic) bond motifs is 1. The van der Waals surface area contributed by atoms with E-state index < -0.39 is 6.10 Å². The Hall–Kier alpha value is -1.60. The molecule has 2 aromatic rings. The molecule has 0 bridgehead atoms. The zero-order valence-corrected chi connectivity index (χ0v) is 8.56. The van der Waals surface area contributed by atoms with Crippen LogP contribution in [0.4, 0.5) is 0 Å². The van der Waals surface area contributed by atoms with Gasteiger partial charge in [0, 0.05) is 0 Å². The Kier molecular flexibility index (Phi) is 2.84. The Bertz CT molecular complexity index is 473. The monoisotopic (exact) mass is 198 g/mol. The minimum absolute atomic E-state index is 0.438. The Labute approximate surface area is 89.7 Å². The van der Waals surface area contributed by atoms with Crippen molar-refractivity contribution < 1.29 is 5.11 Å². The molecule has 0 saturated heterocycles. The highest BCUT2D eigenvalue weighted by molar-refractivity contribution is 5.83. The quantitative estimate of drug-likeness (QED) is 0.749. The minimum Gasteiger partial charge on any atom is -0.388 e. The van der Waals surface area contributed by atoms with Crippen LogP contribution in [0.2, 0.25) is 0 Å². The molecule has 15 heavy (non-hydrogen) atoms. The van der Waals surface area contributed by atoms with E-state index in [-0.39, 0.29) is 0 Å². The largest absolute Gasteiger partial charge is 0.388 e. The summed E-state index contributed by atoms with van der Waals surface area (Å²) in [6, 6.07) is 14.2. The lowest BCUT2D eigenvalue weighted by Crippen LogP contribution is -1.94. The maximum Gasteiger partial charge on any atom is 0.0824 e. The third-order valence-corrected chi connectivity index (χ3v) is 2.55. The van der Waals surface area contributed by atoms with E-state index in [9.17, 15) is 5.11 Å². The summed E-state index contributed by atoms with van der Waals surface area (Å²) in [6.45, 7) is 3.63. The van der Waals surface area contributed by atoms with Gasteiger partial charge in [-0.3, -0.25) is 0 Å². The molecule has 0 aromatic heterocycles. The number of aliphatic hydroxyl groups is 1. The van der Waals surface area contributed by atoms with E-state index in [0.717, 1.165) is 10.9 Å². The zero-order chi connectivity index (χ0) is 10.7. The zero-order valence-electron chi connectivity index (χ0n) is 8.56. The van der Waals surface area contributed by atoms with Gasteiger partial charge in [0.05, 0.1) is 6.10 Å². The van der Waals surface area contributed by atoms with Gasteiger partial charge in [-0.1, -0.05) is 42.5 Å². The van der Waals surface area contributed by atoms with Gasteiger partial charge in [0.2, 0.25) is 0 Å².